The average molecular weight is 294 g/mol. The van der Waals surface area contributed by atoms with E-state index in [9.17, 15) is 8.42 Å². The van der Waals surface area contributed by atoms with E-state index in [2.05, 4.69) is 19.6 Å². The van der Waals surface area contributed by atoms with Crippen molar-refractivity contribution in [3.8, 4) is 0 Å². The van der Waals surface area contributed by atoms with Gasteiger partial charge in [0.15, 0.2) is 0 Å². The maximum Gasteiger partial charge on any atom is 0.299 e. The van der Waals surface area contributed by atoms with Gasteiger partial charge in [-0.3, -0.25) is 9.82 Å². The number of rotatable bonds is 4. The molecule has 7 heteroatoms. The molecule has 108 valence electrons. The Labute approximate surface area is 118 Å². The molecule has 3 N–H and O–H groups in total. The van der Waals surface area contributed by atoms with Gasteiger partial charge in [0.05, 0.1) is 17.4 Å². The first-order valence-electron chi connectivity index (χ1n) is 6.86. The SMILES string of the molecule is O=S(=O)(Nc1ccc2cn[nH]c2c1)NC1CCCCC1. The van der Waals surface area contributed by atoms with Crippen molar-refractivity contribution in [2.24, 2.45) is 0 Å². The summed E-state index contributed by atoms with van der Waals surface area (Å²) in [4.78, 5) is 0. The minimum atomic E-state index is -3.52. The number of anilines is 1. The summed E-state index contributed by atoms with van der Waals surface area (Å²) < 4.78 is 29.5. The summed E-state index contributed by atoms with van der Waals surface area (Å²) in [6.45, 7) is 0. The molecular formula is C13H18N4O2S. The van der Waals surface area contributed by atoms with Gasteiger partial charge in [-0.05, 0) is 31.0 Å². The smallest absolute Gasteiger partial charge is 0.278 e. The fourth-order valence-electron chi connectivity index (χ4n) is 2.62. The standard InChI is InChI=1S/C13H18N4O2S/c18-20(19,16-11-4-2-1-3-5-11)17-12-7-6-10-9-14-15-13(10)8-12/h6-9,11,16-17H,1-5H2,(H,14,15). The second kappa shape index (κ2) is 5.41. The molecule has 0 atom stereocenters. The lowest BCUT2D eigenvalue weighted by Gasteiger charge is -2.22. The fourth-order valence-corrected chi connectivity index (χ4v) is 3.80. The van der Waals surface area contributed by atoms with E-state index in [1.165, 1.54) is 6.42 Å². The molecule has 1 fully saturated rings. The van der Waals surface area contributed by atoms with Crippen LogP contribution in [0.25, 0.3) is 10.9 Å². The Kier molecular flexibility index (Phi) is 3.62. The lowest BCUT2D eigenvalue weighted by Crippen LogP contribution is -2.39. The lowest BCUT2D eigenvalue weighted by molar-refractivity contribution is 0.413. The van der Waals surface area contributed by atoms with Gasteiger partial charge in [0.25, 0.3) is 10.2 Å². The van der Waals surface area contributed by atoms with Crippen molar-refractivity contribution in [1.29, 1.82) is 0 Å². The quantitative estimate of drug-likeness (QED) is 0.807. The van der Waals surface area contributed by atoms with Crippen LogP contribution in [0.5, 0.6) is 0 Å². The molecular weight excluding hydrogens is 276 g/mol. The molecule has 0 radical (unpaired) electrons. The van der Waals surface area contributed by atoms with E-state index in [-0.39, 0.29) is 6.04 Å². The van der Waals surface area contributed by atoms with Gasteiger partial charge in [0.1, 0.15) is 0 Å². The van der Waals surface area contributed by atoms with Crippen molar-refractivity contribution in [2.45, 2.75) is 38.1 Å². The van der Waals surface area contributed by atoms with Crippen LogP contribution in [0, 0.1) is 0 Å². The number of nitrogens with zero attached hydrogens (tertiary/aromatic N) is 1. The van der Waals surface area contributed by atoms with E-state index >= 15 is 0 Å². The summed E-state index contributed by atoms with van der Waals surface area (Å²) in [5.74, 6) is 0. The molecule has 1 saturated carbocycles. The third-order valence-corrected chi connectivity index (χ3v) is 4.77. The van der Waals surface area contributed by atoms with Crippen molar-refractivity contribution in [3.05, 3.63) is 24.4 Å². The van der Waals surface area contributed by atoms with E-state index < -0.39 is 10.2 Å². The average Bonchev–Trinajstić information content (AvgIpc) is 2.86. The first-order chi connectivity index (χ1) is 9.62. The Bertz CT molecular complexity index is 689. The topological polar surface area (TPSA) is 86.9 Å². The molecule has 1 heterocycles. The number of benzene rings is 1. The highest BCUT2D eigenvalue weighted by atomic mass is 32.2. The molecule has 1 aromatic carbocycles. The first kappa shape index (κ1) is 13.4. The second-order valence-electron chi connectivity index (χ2n) is 5.23. The van der Waals surface area contributed by atoms with Crippen LogP contribution in [0.4, 0.5) is 5.69 Å². The number of nitrogens with one attached hydrogen (secondary N) is 3. The van der Waals surface area contributed by atoms with E-state index in [4.69, 9.17) is 0 Å². The molecule has 0 aliphatic heterocycles. The van der Waals surface area contributed by atoms with E-state index in [0.717, 1.165) is 36.6 Å². The van der Waals surface area contributed by atoms with Gasteiger partial charge < -0.3 is 0 Å². The predicted octanol–water partition coefficient (Wildman–Crippen LogP) is 2.14. The highest BCUT2D eigenvalue weighted by Gasteiger charge is 2.19. The van der Waals surface area contributed by atoms with Gasteiger partial charge in [-0.25, -0.2) is 0 Å². The van der Waals surface area contributed by atoms with Crippen LogP contribution >= 0.6 is 0 Å². The maximum atomic E-state index is 12.1. The molecule has 20 heavy (non-hydrogen) atoms. The van der Waals surface area contributed by atoms with Crippen LogP contribution < -0.4 is 9.44 Å². The Morgan fingerprint density at radius 2 is 2.00 bits per heavy atom. The van der Waals surface area contributed by atoms with Crippen LogP contribution in [0.2, 0.25) is 0 Å². The van der Waals surface area contributed by atoms with Crippen molar-refractivity contribution < 1.29 is 8.42 Å². The van der Waals surface area contributed by atoms with Crippen molar-refractivity contribution in [3.63, 3.8) is 0 Å². The van der Waals surface area contributed by atoms with Crippen LogP contribution in [-0.4, -0.2) is 24.7 Å². The zero-order valence-corrected chi connectivity index (χ0v) is 11.9. The number of hydrogen-bond donors (Lipinski definition) is 3. The summed E-state index contributed by atoms with van der Waals surface area (Å²) >= 11 is 0. The largest absolute Gasteiger partial charge is 0.299 e. The fraction of sp³-hybridized carbons (Fsp3) is 0.462. The number of H-pyrrole nitrogens is 1. The van der Waals surface area contributed by atoms with Crippen molar-refractivity contribution in [2.75, 3.05) is 4.72 Å². The maximum absolute atomic E-state index is 12.1. The molecule has 1 aliphatic rings. The summed E-state index contributed by atoms with van der Waals surface area (Å²) in [5.41, 5.74) is 1.34. The van der Waals surface area contributed by atoms with Gasteiger partial charge in [-0.2, -0.15) is 18.2 Å². The summed E-state index contributed by atoms with van der Waals surface area (Å²) in [7, 11) is -3.52. The lowest BCUT2D eigenvalue weighted by atomic mass is 9.96. The molecule has 1 aromatic heterocycles. The van der Waals surface area contributed by atoms with Crippen LogP contribution in [0.15, 0.2) is 24.4 Å². The van der Waals surface area contributed by atoms with Gasteiger partial charge in [0.2, 0.25) is 0 Å². The predicted molar refractivity (Wildman–Crippen MR) is 78.6 cm³/mol. The minimum Gasteiger partial charge on any atom is -0.278 e. The summed E-state index contributed by atoms with van der Waals surface area (Å²) in [5, 5.41) is 7.69. The number of fused-ring (bicyclic) bond motifs is 1. The molecule has 0 spiro atoms. The molecule has 0 unspecified atom stereocenters. The molecule has 6 nitrogen and oxygen atoms in total. The Hall–Kier alpha value is -1.60. The van der Waals surface area contributed by atoms with E-state index in [1.807, 2.05) is 6.07 Å². The normalized spacial score (nSPS) is 17.4. The van der Waals surface area contributed by atoms with Crippen LogP contribution in [-0.2, 0) is 10.2 Å². The number of hydrogen-bond acceptors (Lipinski definition) is 3. The second-order valence-corrected chi connectivity index (χ2v) is 6.68. The molecule has 2 aromatic rings. The first-order valence-corrected chi connectivity index (χ1v) is 8.34. The summed E-state index contributed by atoms with van der Waals surface area (Å²) in [6, 6.07) is 5.36. The Balaban J connectivity index is 1.71. The highest BCUT2D eigenvalue weighted by molar-refractivity contribution is 7.90. The molecule has 0 bridgehead atoms. The van der Waals surface area contributed by atoms with Crippen molar-refractivity contribution >= 4 is 26.8 Å². The van der Waals surface area contributed by atoms with Crippen LogP contribution in [0.1, 0.15) is 32.1 Å². The van der Waals surface area contributed by atoms with E-state index in [0.29, 0.717) is 5.69 Å². The third kappa shape index (κ3) is 3.10. The van der Waals surface area contributed by atoms with Gasteiger partial charge in [-0.1, -0.05) is 19.3 Å². The zero-order chi connectivity index (χ0) is 14.0. The molecule has 0 saturated heterocycles. The van der Waals surface area contributed by atoms with Crippen LogP contribution in [0.3, 0.4) is 0 Å². The molecule has 1 aliphatic carbocycles. The number of aromatic amines is 1. The zero-order valence-electron chi connectivity index (χ0n) is 11.1. The monoisotopic (exact) mass is 294 g/mol. The Morgan fingerprint density at radius 3 is 2.80 bits per heavy atom. The van der Waals surface area contributed by atoms with Gasteiger partial charge in [0, 0.05) is 11.4 Å². The minimum absolute atomic E-state index is 0.0529. The van der Waals surface area contributed by atoms with Gasteiger partial charge >= 0.3 is 0 Å². The summed E-state index contributed by atoms with van der Waals surface area (Å²) in [6.07, 6.45) is 6.91. The van der Waals surface area contributed by atoms with Gasteiger partial charge in [-0.15, -0.1) is 0 Å². The third-order valence-electron chi connectivity index (χ3n) is 3.62. The Morgan fingerprint density at radius 1 is 1.20 bits per heavy atom. The van der Waals surface area contributed by atoms with E-state index in [1.54, 1.807) is 18.3 Å². The molecule has 3 rings (SSSR count). The molecule has 0 amide bonds. The van der Waals surface area contributed by atoms with Crippen molar-refractivity contribution in [1.82, 2.24) is 14.9 Å². The number of aromatic nitrogens is 2. The highest BCUT2D eigenvalue weighted by Crippen LogP contribution is 2.20.